The predicted molar refractivity (Wildman–Crippen MR) is 137 cm³/mol. The average molecular weight is 485 g/mol. The van der Waals surface area contributed by atoms with Crippen molar-refractivity contribution >= 4 is 5.91 Å². The zero-order chi connectivity index (χ0) is 24.9. The van der Waals surface area contributed by atoms with Crippen molar-refractivity contribution < 1.29 is 19.0 Å². The number of carbonyl (C=O) groups excluding carboxylic acids is 1. The smallest absolute Gasteiger partial charge is 0.256 e. The van der Waals surface area contributed by atoms with Gasteiger partial charge in [-0.05, 0) is 80.6 Å². The second-order valence-electron chi connectivity index (χ2n) is 10.3. The molecule has 0 unspecified atom stereocenters. The van der Waals surface area contributed by atoms with Gasteiger partial charge >= 0.3 is 0 Å². The molecule has 3 atom stereocenters. The minimum atomic E-state index is -0.725. The Balaban J connectivity index is 1.30. The SMILES string of the molecule is C[C@H]1[C@@H](c2ccccc2)OC(C)(C)N1C(=O)c1ccccc1C[C@@H]1NCCc2cc3c(cc21)OCO3. The molecule has 1 fully saturated rings. The number of fused-ring (bicyclic) bond motifs is 2. The van der Waals surface area contributed by atoms with E-state index in [1.165, 1.54) is 11.1 Å². The van der Waals surface area contributed by atoms with Crippen molar-refractivity contribution in [3.63, 3.8) is 0 Å². The van der Waals surface area contributed by atoms with Gasteiger partial charge in [-0.3, -0.25) is 4.79 Å². The lowest BCUT2D eigenvalue weighted by molar-refractivity contribution is -0.0653. The molecule has 0 radical (unpaired) electrons. The van der Waals surface area contributed by atoms with Crippen molar-refractivity contribution in [1.82, 2.24) is 10.2 Å². The van der Waals surface area contributed by atoms with Crippen molar-refractivity contribution in [3.05, 3.63) is 94.5 Å². The molecule has 3 aliphatic rings. The molecule has 0 spiro atoms. The molecule has 0 bridgehead atoms. The molecule has 0 aliphatic carbocycles. The summed E-state index contributed by atoms with van der Waals surface area (Å²) >= 11 is 0. The Bertz CT molecular complexity index is 1290. The van der Waals surface area contributed by atoms with E-state index in [0.29, 0.717) is 6.42 Å². The van der Waals surface area contributed by atoms with Crippen LogP contribution in [0, 0.1) is 0 Å². The van der Waals surface area contributed by atoms with Crippen LogP contribution < -0.4 is 14.8 Å². The molecule has 36 heavy (non-hydrogen) atoms. The summed E-state index contributed by atoms with van der Waals surface area (Å²) in [6, 6.07) is 22.3. The van der Waals surface area contributed by atoms with E-state index >= 15 is 0 Å². The molecule has 3 aliphatic heterocycles. The fourth-order valence-corrected chi connectivity index (χ4v) is 5.98. The summed E-state index contributed by atoms with van der Waals surface area (Å²) in [6.07, 6.45) is 1.48. The van der Waals surface area contributed by atoms with E-state index in [1.807, 2.05) is 55.1 Å². The molecule has 1 amide bonds. The van der Waals surface area contributed by atoms with E-state index in [1.54, 1.807) is 0 Å². The Morgan fingerprint density at radius 2 is 1.75 bits per heavy atom. The third-order valence-corrected chi connectivity index (χ3v) is 7.65. The second kappa shape index (κ2) is 8.95. The molecule has 0 saturated carbocycles. The largest absolute Gasteiger partial charge is 0.454 e. The molecule has 0 aromatic heterocycles. The molecule has 1 saturated heterocycles. The van der Waals surface area contributed by atoms with Crippen molar-refractivity contribution in [1.29, 1.82) is 0 Å². The van der Waals surface area contributed by atoms with Gasteiger partial charge < -0.3 is 24.4 Å². The Labute approximate surface area is 212 Å². The first-order valence-electron chi connectivity index (χ1n) is 12.7. The summed E-state index contributed by atoms with van der Waals surface area (Å²) in [5, 5.41) is 3.66. The normalized spacial score (nSPS) is 24.0. The van der Waals surface area contributed by atoms with Crippen LogP contribution in [0.15, 0.2) is 66.7 Å². The van der Waals surface area contributed by atoms with E-state index in [-0.39, 0.29) is 30.9 Å². The summed E-state index contributed by atoms with van der Waals surface area (Å²) in [5.41, 5.74) is 4.61. The van der Waals surface area contributed by atoms with Gasteiger partial charge in [0, 0.05) is 11.6 Å². The molecule has 6 nitrogen and oxygen atoms in total. The van der Waals surface area contributed by atoms with Crippen LogP contribution in [0.3, 0.4) is 0 Å². The predicted octanol–water partition coefficient (Wildman–Crippen LogP) is 5.18. The maximum atomic E-state index is 14.1. The highest BCUT2D eigenvalue weighted by Crippen LogP contribution is 2.42. The van der Waals surface area contributed by atoms with Gasteiger partial charge in [0.05, 0.1) is 6.04 Å². The monoisotopic (exact) mass is 484 g/mol. The zero-order valence-electron chi connectivity index (χ0n) is 21.0. The summed E-state index contributed by atoms with van der Waals surface area (Å²) < 4.78 is 17.7. The van der Waals surface area contributed by atoms with Crippen LogP contribution in [0.2, 0.25) is 0 Å². The number of nitrogens with zero attached hydrogens (tertiary/aromatic N) is 1. The highest BCUT2D eigenvalue weighted by molar-refractivity contribution is 5.96. The first-order valence-corrected chi connectivity index (χ1v) is 12.7. The fraction of sp³-hybridized carbons (Fsp3) is 0.367. The van der Waals surface area contributed by atoms with E-state index in [9.17, 15) is 4.79 Å². The fourth-order valence-electron chi connectivity index (χ4n) is 5.98. The Morgan fingerprint density at radius 1 is 1.03 bits per heavy atom. The first kappa shape index (κ1) is 23.1. The number of hydrogen-bond donors (Lipinski definition) is 1. The van der Waals surface area contributed by atoms with E-state index in [4.69, 9.17) is 14.2 Å². The number of amides is 1. The second-order valence-corrected chi connectivity index (χ2v) is 10.3. The molecule has 1 N–H and O–H groups in total. The molecule has 6 heteroatoms. The van der Waals surface area contributed by atoms with Crippen LogP contribution in [0.1, 0.15) is 65.5 Å². The molecular weight excluding hydrogens is 452 g/mol. The summed E-state index contributed by atoms with van der Waals surface area (Å²) in [5.74, 6) is 1.62. The van der Waals surface area contributed by atoms with Crippen LogP contribution in [0.4, 0.5) is 0 Å². The maximum Gasteiger partial charge on any atom is 0.256 e. The number of hydrogen-bond acceptors (Lipinski definition) is 5. The number of ether oxygens (including phenoxy) is 3. The van der Waals surface area contributed by atoms with Crippen LogP contribution in [0.5, 0.6) is 11.5 Å². The molecule has 6 rings (SSSR count). The van der Waals surface area contributed by atoms with Gasteiger partial charge in [-0.25, -0.2) is 0 Å². The summed E-state index contributed by atoms with van der Waals surface area (Å²) in [6.45, 7) is 7.19. The van der Waals surface area contributed by atoms with Gasteiger partial charge in [0.1, 0.15) is 11.8 Å². The van der Waals surface area contributed by atoms with Gasteiger partial charge in [-0.2, -0.15) is 0 Å². The van der Waals surface area contributed by atoms with Crippen molar-refractivity contribution in [3.8, 4) is 11.5 Å². The minimum Gasteiger partial charge on any atom is -0.454 e. The molecular formula is C30H32N2O4. The topological polar surface area (TPSA) is 60.0 Å². The van der Waals surface area contributed by atoms with Crippen molar-refractivity contribution in [2.75, 3.05) is 13.3 Å². The van der Waals surface area contributed by atoms with Crippen LogP contribution in [-0.2, 0) is 17.6 Å². The summed E-state index contributed by atoms with van der Waals surface area (Å²) in [7, 11) is 0. The number of rotatable bonds is 4. The van der Waals surface area contributed by atoms with Gasteiger partial charge in [-0.1, -0.05) is 48.5 Å². The molecule has 3 aromatic rings. The van der Waals surface area contributed by atoms with Crippen LogP contribution in [0.25, 0.3) is 0 Å². The zero-order valence-corrected chi connectivity index (χ0v) is 21.0. The van der Waals surface area contributed by atoms with Crippen LogP contribution >= 0.6 is 0 Å². The number of carbonyl (C=O) groups is 1. The van der Waals surface area contributed by atoms with Crippen molar-refractivity contribution in [2.45, 2.75) is 57.5 Å². The van der Waals surface area contributed by atoms with Gasteiger partial charge in [0.2, 0.25) is 6.79 Å². The number of benzene rings is 3. The van der Waals surface area contributed by atoms with Gasteiger partial charge in [-0.15, -0.1) is 0 Å². The lowest BCUT2D eigenvalue weighted by Crippen LogP contribution is -2.47. The minimum absolute atomic E-state index is 0.00301. The Kier molecular flexibility index (Phi) is 5.73. The van der Waals surface area contributed by atoms with Gasteiger partial charge in [0.25, 0.3) is 5.91 Å². The van der Waals surface area contributed by atoms with Gasteiger partial charge in [0.15, 0.2) is 11.5 Å². The quantitative estimate of drug-likeness (QED) is 0.553. The summed E-state index contributed by atoms with van der Waals surface area (Å²) in [4.78, 5) is 16.0. The molecule has 3 aromatic carbocycles. The highest BCUT2D eigenvalue weighted by atomic mass is 16.7. The third-order valence-electron chi connectivity index (χ3n) is 7.65. The van der Waals surface area contributed by atoms with E-state index in [0.717, 1.165) is 41.2 Å². The van der Waals surface area contributed by atoms with E-state index < -0.39 is 5.72 Å². The Hall–Kier alpha value is -3.35. The van der Waals surface area contributed by atoms with E-state index in [2.05, 4.69) is 42.6 Å². The third kappa shape index (κ3) is 3.94. The maximum absolute atomic E-state index is 14.1. The lowest BCUT2D eigenvalue weighted by Gasteiger charge is -2.33. The lowest BCUT2D eigenvalue weighted by atomic mass is 9.88. The Morgan fingerprint density at radius 3 is 2.56 bits per heavy atom. The average Bonchev–Trinajstić information content (AvgIpc) is 3.44. The molecule has 3 heterocycles. The van der Waals surface area contributed by atoms with Crippen LogP contribution in [-0.4, -0.2) is 35.9 Å². The number of nitrogens with one attached hydrogen (secondary N) is 1. The van der Waals surface area contributed by atoms with Crippen molar-refractivity contribution in [2.24, 2.45) is 0 Å². The first-order chi connectivity index (χ1) is 17.4. The molecule has 186 valence electrons. The standard InChI is InChI=1S/C30H32N2O4/c1-19-28(20-9-5-4-6-10-20)36-30(2,3)32(19)29(33)23-12-8-7-11-21(23)15-25-24-17-27-26(34-18-35-27)16-22(24)13-14-31-25/h4-12,16-17,19,25,28,31H,13-15,18H2,1-3H3/t19-,25-,28-/m0/s1. The highest BCUT2D eigenvalue weighted by Gasteiger charge is 2.48.